The fourth-order valence-electron chi connectivity index (χ4n) is 3.44. The molecule has 0 aromatic heterocycles. The van der Waals surface area contributed by atoms with Crippen molar-refractivity contribution in [3.05, 3.63) is 59.1 Å². The number of rotatable bonds is 8. The molecule has 2 aromatic rings. The van der Waals surface area contributed by atoms with Crippen LogP contribution in [-0.4, -0.2) is 31.6 Å². The minimum atomic E-state index is -0.484. The molecule has 1 atom stereocenters. The highest BCUT2D eigenvalue weighted by Gasteiger charge is 2.19. The van der Waals surface area contributed by atoms with Crippen LogP contribution in [0.2, 0.25) is 5.02 Å². The molecule has 0 saturated carbocycles. The van der Waals surface area contributed by atoms with Gasteiger partial charge in [-0.3, -0.25) is 4.79 Å². The van der Waals surface area contributed by atoms with Crippen molar-refractivity contribution in [2.75, 3.05) is 24.5 Å². The number of halogens is 1. The Balaban J connectivity index is 1.44. The molecule has 1 N–H and O–H groups in total. The Morgan fingerprint density at radius 3 is 2.78 bits per heavy atom. The molecule has 27 heavy (non-hydrogen) atoms. The average molecular weight is 387 g/mol. The summed E-state index contributed by atoms with van der Waals surface area (Å²) in [6.45, 7) is 4.64. The van der Waals surface area contributed by atoms with Crippen LogP contribution in [0.15, 0.2) is 48.5 Å². The lowest BCUT2D eigenvalue weighted by atomic mass is 10.0. The number of hydrogen-bond acceptors (Lipinski definition) is 3. The second-order valence-electron chi connectivity index (χ2n) is 6.83. The van der Waals surface area contributed by atoms with E-state index in [-0.39, 0.29) is 5.91 Å². The number of nitrogens with one attached hydrogen (secondary N) is 1. The van der Waals surface area contributed by atoms with E-state index in [0.29, 0.717) is 23.7 Å². The van der Waals surface area contributed by atoms with Gasteiger partial charge >= 0.3 is 0 Å². The Bertz CT molecular complexity index is 748. The summed E-state index contributed by atoms with van der Waals surface area (Å²) in [5, 5.41) is 3.66. The maximum atomic E-state index is 12.4. The van der Waals surface area contributed by atoms with Crippen LogP contribution in [-0.2, 0) is 11.2 Å². The number of fused-ring (bicyclic) bond motifs is 1. The van der Waals surface area contributed by atoms with Crippen LogP contribution in [0.5, 0.6) is 5.75 Å². The van der Waals surface area contributed by atoms with Gasteiger partial charge in [0, 0.05) is 30.3 Å². The van der Waals surface area contributed by atoms with Gasteiger partial charge in [0.05, 0.1) is 0 Å². The van der Waals surface area contributed by atoms with Gasteiger partial charge in [-0.05, 0) is 61.6 Å². The first-order valence-corrected chi connectivity index (χ1v) is 10.1. The Morgan fingerprint density at radius 1 is 1.22 bits per heavy atom. The summed E-state index contributed by atoms with van der Waals surface area (Å²) in [5.74, 6) is 0.595. The summed E-state index contributed by atoms with van der Waals surface area (Å²) in [6, 6.07) is 15.7. The first-order valence-electron chi connectivity index (χ1n) is 9.70. The molecular weight excluding hydrogens is 360 g/mol. The minimum absolute atomic E-state index is 0.0634. The van der Waals surface area contributed by atoms with Crippen molar-refractivity contribution >= 4 is 23.2 Å². The van der Waals surface area contributed by atoms with Crippen molar-refractivity contribution in [1.82, 2.24) is 5.32 Å². The monoisotopic (exact) mass is 386 g/mol. The van der Waals surface area contributed by atoms with E-state index in [4.69, 9.17) is 16.3 Å². The Morgan fingerprint density at radius 2 is 2.00 bits per heavy atom. The standard InChI is InChI=1S/C22H27ClN2O2/c1-2-21(27-19-12-10-18(23)11-13-19)22(26)24-14-6-16-25-15-5-8-17-7-3-4-9-20(17)25/h3-4,7,9-13,21H,2,5-6,8,14-16H2,1H3,(H,24,26)/t21-/m0/s1. The van der Waals surface area contributed by atoms with Crippen LogP contribution in [0, 0.1) is 0 Å². The zero-order valence-corrected chi connectivity index (χ0v) is 16.5. The number of amides is 1. The summed E-state index contributed by atoms with van der Waals surface area (Å²) in [6.07, 6.45) is 3.40. The van der Waals surface area contributed by atoms with E-state index < -0.39 is 6.10 Å². The SMILES string of the molecule is CC[C@H](Oc1ccc(Cl)cc1)C(=O)NCCCN1CCCc2ccccc21. The molecule has 0 unspecified atom stereocenters. The number of anilines is 1. The lowest BCUT2D eigenvalue weighted by Gasteiger charge is -2.31. The molecule has 4 nitrogen and oxygen atoms in total. The van der Waals surface area contributed by atoms with Crippen LogP contribution >= 0.6 is 11.6 Å². The van der Waals surface area contributed by atoms with Crippen molar-refractivity contribution in [2.24, 2.45) is 0 Å². The molecule has 144 valence electrons. The first-order chi connectivity index (χ1) is 13.2. The molecule has 1 amide bonds. The molecule has 0 fully saturated rings. The molecular formula is C22H27ClN2O2. The van der Waals surface area contributed by atoms with Crippen LogP contribution in [0.1, 0.15) is 31.7 Å². The number of nitrogens with zero attached hydrogens (tertiary/aromatic N) is 1. The highest BCUT2D eigenvalue weighted by molar-refractivity contribution is 6.30. The Labute approximate surface area is 166 Å². The number of benzene rings is 2. The van der Waals surface area contributed by atoms with Crippen molar-refractivity contribution in [3.63, 3.8) is 0 Å². The molecule has 0 aliphatic carbocycles. The van der Waals surface area contributed by atoms with Crippen LogP contribution in [0.3, 0.4) is 0 Å². The first kappa shape index (κ1) is 19.6. The van der Waals surface area contributed by atoms with Gasteiger partial charge in [0.15, 0.2) is 6.10 Å². The topological polar surface area (TPSA) is 41.6 Å². The van der Waals surface area contributed by atoms with E-state index in [1.165, 1.54) is 17.7 Å². The minimum Gasteiger partial charge on any atom is -0.481 e. The zero-order chi connectivity index (χ0) is 19.1. The van der Waals surface area contributed by atoms with Gasteiger partial charge in [-0.25, -0.2) is 0 Å². The van der Waals surface area contributed by atoms with Crippen LogP contribution < -0.4 is 15.0 Å². The summed E-state index contributed by atoms with van der Waals surface area (Å²) in [5.41, 5.74) is 2.77. The predicted octanol–water partition coefficient (Wildman–Crippen LogP) is 4.46. The number of aryl methyl sites for hydroxylation is 1. The van der Waals surface area contributed by atoms with E-state index in [2.05, 4.69) is 34.5 Å². The predicted molar refractivity (Wildman–Crippen MR) is 111 cm³/mol. The number of ether oxygens (including phenoxy) is 1. The lowest BCUT2D eigenvalue weighted by molar-refractivity contribution is -0.128. The Hall–Kier alpha value is -2.20. The fourth-order valence-corrected chi connectivity index (χ4v) is 3.56. The van der Waals surface area contributed by atoms with Gasteiger partial charge in [0.25, 0.3) is 5.91 Å². The summed E-state index contributed by atoms with van der Waals surface area (Å²) < 4.78 is 5.79. The molecule has 3 rings (SSSR count). The molecule has 0 spiro atoms. The van der Waals surface area contributed by atoms with E-state index >= 15 is 0 Å². The lowest BCUT2D eigenvalue weighted by Crippen LogP contribution is -2.39. The molecule has 0 saturated heterocycles. The maximum Gasteiger partial charge on any atom is 0.261 e. The Kier molecular flexibility index (Phi) is 6.99. The van der Waals surface area contributed by atoms with E-state index in [1.54, 1.807) is 24.3 Å². The molecule has 1 aliphatic heterocycles. The molecule has 1 heterocycles. The van der Waals surface area contributed by atoms with Gasteiger partial charge in [-0.15, -0.1) is 0 Å². The molecule has 0 bridgehead atoms. The van der Waals surface area contributed by atoms with Gasteiger partial charge in [-0.2, -0.15) is 0 Å². The maximum absolute atomic E-state index is 12.4. The highest BCUT2D eigenvalue weighted by atomic mass is 35.5. The smallest absolute Gasteiger partial charge is 0.261 e. The van der Waals surface area contributed by atoms with E-state index in [1.807, 2.05) is 6.92 Å². The van der Waals surface area contributed by atoms with E-state index in [9.17, 15) is 4.79 Å². The van der Waals surface area contributed by atoms with Crippen molar-refractivity contribution in [1.29, 1.82) is 0 Å². The third kappa shape index (κ3) is 5.39. The van der Waals surface area contributed by atoms with Crippen molar-refractivity contribution in [3.8, 4) is 5.75 Å². The van der Waals surface area contributed by atoms with Crippen molar-refractivity contribution < 1.29 is 9.53 Å². The third-order valence-corrected chi connectivity index (χ3v) is 5.12. The summed E-state index contributed by atoms with van der Waals surface area (Å²) in [7, 11) is 0. The van der Waals surface area contributed by atoms with Crippen molar-refractivity contribution in [2.45, 2.75) is 38.7 Å². The average Bonchev–Trinajstić information content (AvgIpc) is 2.70. The van der Waals surface area contributed by atoms with Gasteiger partial charge < -0.3 is 15.0 Å². The second kappa shape index (κ2) is 9.65. The second-order valence-corrected chi connectivity index (χ2v) is 7.27. The molecule has 2 aromatic carbocycles. The quantitative estimate of drug-likeness (QED) is 0.681. The molecule has 5 heteroatoms. The van der Waals surface area contributed by atoms with Gasteiger partial charge in [-0.1, -0.05) is 36.7 Å². The summed E-state index contributed by atoms with van der Waals surface area (Å²) >= 11 is 5.89. The normalized spacial score (nSPS) is 14.4. The number of hydrogen-bond donors (Lipinski definition) is 1. The number of carbonyl (C=O) groups is 1. The van der Waals surface area contributed by atoms with E-state index in [0.717, 1.165) is 25.9 Å². The van der Waals surface area contributed by atoms with Gasteiger partial charge in [0.2, 0.25) is 0 Å². The molecule has 0 radical (unpaired) electrons. The third-order valence-electron chi connectivity index (χ3n) is 4.87. The van der Waals surface area contributed by atoms with Crippen LogP contribution in [0.25, 0.3) is 0 Å². The summed E-state index contributed by atoms with van der Waals surface area (Å²) in [4.78, 5) is 14.8. The molecule has 1 aliphatic rings. The van der Waals surface area contributed by atoms with Gasteiger partial charge in [0.1, 0.15) is 5.75 Å². The highest BCUT2D eigenvalue weighted by Crippen LogP contribution is 2.26. The van der Waals surface area contributed by atoms with Crippen LogP contribution in [0.4, 0.5) is 5.69 Å². The number of para-hydroxylation sites is 1. The zero-order valence-electron chi connectivity index (χ0n) is 15.8. The largest absolute Gasteiger partial charge is 0.481 e. The number of carbonyl (C=O) groups excluding carboxylic acids is 1. The fraction of sp³-hybridized carbons (Fsp3) is 0.409.